The van der Waals surface area contributed by atoms with Crippen molar-refractivity contribution in [1.82, 2.24) is 24.6 Å². The van der Waals surface area contributed by atoms with Gasteiger partial charge in [0.2, 0.25) is 5.95 Å². The highest BCUT2D eigenvalue weighted by atomic mass is 19.3. The van der Waals surface area contributed by atoms with Gasteiger partial charge in [-0.25, -0.2) is 22.9 Å². The van der Waals surface area contributed by atoms with Crippen molar-refractivity contribution < 1.29 is 27.9 Å². The third-order valence-electron chi connectivity index (χ3n) is 6.33. The van der Waals surface area contributed by atoms with Crippen LogP contribution in [0, 0.1) is 0 Å². The number of aromatic nitrogens is 4. The Hall–Kier alpha value is -4.46. The number of hydrogen-bond donors (Lipinski definition) is 2. The van der Waals surface area contributed by atoms with Gasteiger partial charge >= 0.3 is 6.03 Å². The molecule has 2 N–H and O–H groups in total. The number of rotatable bonds is 6. The fraction of sp³-hybridized carbons (Fsp3) is 0.292. The molecule has 14 heteroatoms. The summed E-state index contributed by atoms with van der Waals surface area (Å²) in [6.45, 7) is 1.83. The topological polar surface area (TPSA) is 120 Å². The lowest BCUT2D eigenvalue weighted by Gasteiger charge is -2.46. The molecule has 0 fully saturated rings. The summed E-state index contributed by atoms with van der Waals surface area (Å²) in [5.41, 5.74) is 1.06. The van der Waals surface area contributed by atoms with Gasteiger partial charge in [-0.3, -0.25) is 19.3 Å². The lowest BCUT2D eigenvalue weighted by atomic mass is 9.91. The molecule has 2 aliphatic rings. The fourth-order valence-corrected chi connectivity index (χ4v) is 4.68. The number of alkyl halides is 2. The molecule has 198 valence electrons. The van der Waals surface area contributed by atoms with E-state index in [4.69, 9.17) is 5.11 Å². The molecule has 0 radical (unpaired) electrons. The molecule has 1 atom stereocenters. The highest BCUT2D eigenvalue weighted by Gasteiger charge is 2.54. The minimum atomic E-state index is -3.61. The number of fused-ring (bicyclic) bond motifs is 2. The molecule has 2 aliphatic heterocycles. The monoisotopic (exact) mass is 528 g/mol. The predicted octanol–water partition coefficient (Wildman–Crippen LogP) is 2.99. The summed E-state index contributed by atoms with van der Waals surface area (Å²) in [7, 11) is 1.42. The second-order valence-electron chi connectivity index (χ2n) is 8.87. The third kappa shape index (κ3) is 4.32. The summed E-state index contributed by atoms with van der Waals surface area (Å²) in [5.74, 6) is -5.83. The Labute approximate surface area is 214 Å². The number of halogens is 3. The molecule has 0 saturated carbocycles. The maximum Gasteiger partial charge on any atom is 0.326 e. The van der Waals surface area contributed by atoms with Crippen molar-refractivity contribution in [2.24, 2.45) is 0 Å². The molecule has 38 heavy (non-hydrogen) atoms. The normalized spacial score (nSPS) is 18.2. The molecule has 0 saturated heterocycles. The molecule has 2 aromatic heterocycles. The molecule has 3 aromatic rings. The molecule has 0 aliphatic carbocycles. The first-order chi connectivity index (χ1) is 18.1. The molecule has 0 bridgehead atoms. The van der Waals surface area contributed by atoms with Gasteiger partial charge in [0.25, 0.3) is 11.8 Å². The van der Waals surface area contributed by atoms with Gasteiger partial charge in [-0.15, -0.1) is 0 Å². The first-order valence-corrected chi connectivity index (χ1v) is 11.5. The van der Waals surface area contributed by atoms with Gasteiger partial charge in [0.05, 0.1) is 38.1 Å². The smallest absolute Gasteiger partial charge is 0.326 e. The van der Waals surface area contributed by atoms with Crippen molar-refractivity contribution in [2.75, 3.05) is 35.3 Å². The predicted molar refractivity (Wildman–Crippen MR) is 131 cm³/mol. The Morgan fingerprint density at radius 1 is 1.29 bits per heavy atom. The number of nitrogens with zero attached hydrogens (tertiary/aromatic N) is 7. The average Bonchev–Trinajstić information content (AvgIpc) is 3.32. The molecule has 5 rings (SSSR count). The van der Waals surface area contributed by atoms with Gasteiger partial charge < -0.3 is 15.3 Å². The maximum atomic E-state index is 15.6. The zero-order valence-electron chi connectivity index (χ0n) is 20.2. The second-order valence-corrected chi connectivity index (χ2v) is 8.87. The van der Waals surface area contributed by atoms with E-state index in [1.165, 1.54) is 48.4 Å². The van der Waals surface area contributed by atoms with Gasteiger partial charge in [0, 0.05) is 36.3 Å². The molecular formula is C24H23F3N8O3. The summed E-state index contributed by atoms with van der Waals surface area (Å²) in [4.78, 5) is 37.1. The molecule has 1 unspecified atom stereocenters. The van der Waals surface area contributed by atoms with E-state index >= 15 is 8.78 Å². The third-order valence-corrected chi connectivity index (χ3v) is 6.33. The summed E-state index contributed by atoms with van der Waals surface area (Å²) in [5, 5.41) is 16.1. The van der Waals surface area contributed by atoms with E-state index in [9.17, 15) is 14.0 Å². The summed E-state index contributed by atoms with van der Waals surface area (Å²) < 4.78 is 46.4. The lowest BCUT2D eigenvalue weighted by molar-refractivity contribution is -0.120. The number of carbonyl (C=O) groups is 2. The largest absolute Gasteiger partial charge is 0.394 e. The first kappa shape index (κ1) is 25.2. The lowest BCUT2D eigenvalue weighted by Crippen LogP contribution is -2.57. The SMILES string of the molecule is C=C(F)C(=O)N1CC(F)(F)C(N2Cc3cnc(Nc4cnn(CCO)c4)nc3N(C)C2=O)c2ccccc21. The number of benzene rings is 1. The summed E-state index contributed by atoms with van der Waals surface area (Å²) in [6.07, 6.45) is 4.60. The van der Waals surface area contributed by atoms with Crippen LogP contribution in [0.25, 0.3) is 0 Å². The Balaban J connectivity index is 1.47. The van der Waals surface area contributed by atoms with E-state index in [2.05, 4.69) is 27.0 Å². The quantitative estimate of drug-likeness (QED) is 0.472. The molecule has 3 amide bonds. The number of nitrogens with one attached hydrogen (secondary N) is 1. The maximum absolute atomic E-state index is 15.6. The summed E-state index contributed by atoms with van der Waals surface area (Å²) in [6, 6.07) is 3.40. The zero-order chi connectivity index (χ0) is 27.2. The number of amides is 3. The van der Waals surface area contributed by atoms with Crippen molar-refractivity contribution in [3.05, 3.63) is 66.4 Å². The Morgan fingerprint density at radius 3 is 2.79 bits per heavy atom. The number of aliphatic hydroxyl groups excluding tert-OH is 1. The van der Waals surface area contributed by atoms with Crippen LogP contribution in [0.15, 0.2) is 55.3 Å². The van der Waals surface area contributed by atoms with Crippen LogP contribution in [-0.2, 0) is 17.9 Å². The number of urea groups is 1. The van der Waals surface area contributed by atoms with Gasteiger partial charge in [0.15, 0.2) is 5.83 Å². The standard InChI is InChI=1S/C24H23F3N8O3/c1-14(25)21(37)35-13-24(26,27)19(17-5-3-4-6-18(17)35)34-11-15-9-28-22(31-20(15)32(2)23(34)38)30-16-10-29-33(12-16)7-8-36/h3-6,9-10,12,19,36H,1,7-8,11,13H2,2H3,(H,28,30,31). The van der Waals surface area contributed by atoms with Crippen LogP contribution >= 0.6 is 0 Å². The van der Waals surface area contributed by atoms with E-state index in [0.717, 1.165) is 9.80 Å². The Kier molecular flexibility index (Phi) is 6.26. The summed E-state index contributed by atoms with van der Waals surface area (Å²) >= 11 is 0. The van der Waals surface area contributed by atoms with Gasteiger partial charge in [0.1, 0.15) is 11.9 Å². The van der Waals surface area contributed by atoms with Crippen LogP contribution in [0.1, 0.15) is 17.2 Å². The van der Waals surface area contributed by atoms with E-state index in [1.54, 1.807) is 6.20 Å². The van der Waals surface area contributed by atoms with Crippen molar-refractivity contribution in [3.8, 4) is 0 Å². The Morgan fingerprint density at radius 2 is 2.05 bits per heavy atom. The molecule has 1 aromatic carbocycles. The first-order valence-electron chi connectivity index (χ1n) is 11.5. The molecule has 11 nitrogen and oxygen atoms in total. The van der Waals surface area contributed by atoms with E-state index in [1.807, 2.05) is 0 Å². The Bertz CT molecular complexity index is 1430. The van der Waals surface area contributed by atoms with Crippen LogP contribution in [-0.4, -0.2) is 67.8 Å². The highest BCUT2D eigenvalue weighted by Crippen LogP contribution is 2.48. The van der Waals surface area contributed by atoms with Crippen LogP contribution in [0.4, 0.5) is 41.1 Å². The molecule has 4 heterocycles. The minimum absolute atomic E-state index is 0.00245. The second kappa shape index (κ2) is 9.45. The van der Waals surface area contributed by atoms with E-state index < -0.39 is 36.3 Å². The van der Waals surface area contributed by atoms with Gasteiger partial charge in [-0.2, -0.15) is 10.1 Å². The van der Waals surface area contributed by atoms with Crippen molar-refractivity contribution >= 4 is 35.1 Å². The van der Waals surface area contributed by atoms with Crippen LogP contribution in [0.3, 0.4) is 0 Å². The van der Waals surface area contributed by atoms with E-state index in [-0.39, 0.29) is 36.2 Å². The minimum Gasteiger partial charge on any atom is -0.394 e. The van der Waals surface area contributed by atoms with Crippen LogP contribution in [0.5, 0.6) is 0 Å². The average molecular weight is 528 g/mol. The van der Waals surface area contributed by atoms with Gasteiger partial charge in [-0.05, 0) is 6.07 Å². The van der Waals surface area contributed by atoms with Crippen molar-refractivity contribution in [3.63, 3.8) is 0 Å². The van der Waals surface area contributed by atoms with Crippen LogP contribution < -0.4 is 15.1 Å². The fourth-order valence-electron chi connectivity index (χ4n) is 4.68. The van der Waals surface area contributed by atoms with Gasteiger partial charge in [-0.1, -0.05) is 24.8 Å². The number of carbonyl (C=O) groups excluding carboxylic acids is 2. The number of hydrogen-bond acceptors (Lipinski definition) is 7. The van der Waals surface area contributed by atoms with E-state index in [0.29, 0.717) is 22.7 Å². The number of anilines is 4. The van der Waals surface area contributed by atoms with Crippen molar-refractivity contribution in [2.45, 2.75) is 25.1 Å². The molecule has 0 spiro atoms. The van der Waals surface area contributed by atoms with Crippen molar-refractivity contribution in [1.29, 1.82) is 0 Å². The zero-order valence-corrected chi connectivity index (χ0v) is 20.2. The highest BCUT2D eigenvalue weighted by molar-refractivity contribution is 6.05. The number of para-hydroxylation sites is 1. The molecular weight excluding hydrogens is 505 g/mol. The number of aliphatic hydroxyl groups is 1. The van der Waals surface area contributed by atoms with Crippen LogP contribution in [0.2, 0.25) is 0 Å².